The van der Waals surface area contributed by atoms with Gasteiger partial charge in [-0.2, -0.15) is 0 Å². The van der Waals surface area contributed by atoms with E-state index in [1.165, 1.54) is 4.57 Å². The van der Waals surface area contributed by atoms with Crippen molar-refractivity contribution in [3.05, 3.63) is 63.6 Å². The molecule has 1 heterocycles. The monoisotopic (exact) mass is 274 g/mol. The van der Waals surface area contributed by atoms with E-state index in [1.54, 1.807) is 24.3 Å². The summed E-state index contributed by atoms with van der Waals surface area (Å²) in [4.78, 5) is 11.9. The quantitative estimate of drug-likeness (QED) is 0.731. The zero-order chi connectivity index (χ0) is 13.4. The number of rotatable bonds is 2. The van der Waals surface area contributed by atoms with E-state index in [0.717, 1.165) is 5.56 Å². The van der Waals surface area contributed by atoms with Crippen LogP contribution in [0.25, 0.3) is 11.1 Å². The van der Waals surface area contributed by atoms with Gasteiger partial charge in [0.2, 0.25) is 0 Å². The van der Waals surface area contributed by atoms with Gasteiger partial charge in [0, 0.05) is 10.7 Å². The van der Waals surface area contributed by atoms with Gasteiger partial charge >= 0.3 is 5.76 Å². The summed E-state index contributed by atoms with van der Waals surface area (Å²) in [6.07, 6.45) is 0. The van der Waals surface area contributed by atoms with Gasteiger partial charge in [-0.1, -0.05) is 29.8 Å². The molecule has 0 aliphatic carbocycles. The number of oxazole rings is 1. The van der Waals surface area contributed by atoms with E-state index in [4.69, 9.17) is 21.8 Å². The third-order valence-electron chi connectivity index (χ3n) is 2.98. The van der Waals surface area contributed by atoms with E-state index < -0.39 is 5.76 Å². The topological polar surface area (TPSA) is 61.2 Å². The van der Waals surface area contributed by atoms with Crippen molar-refractivity contribution in [1.29, 1.82) is 0 Å². The molecule has 3 rings (SSSR count). The first kappa shape index (κ1) is 11.9. The fraction of sp³-hybridized carbons (Fsp3) is 0.0714. The van der Waals surface area contributed by atoms with Crippen LogP contribution in [0.15, 0.2) is 51.7 Å². The Morgan fingerprint density at radius 2 is 2.00 bits per heavy atom. The second-order valence-electron chi connectivity index (χ2n) is 4.27. The van der Waals surface area contributed by atoms with Crippen LogP contribution in [-0.2, 0) is 6.54 Å². The Morgan fingerprint density at radius 3 is 2.79 bits per heavy atom. The number of benzene rings is 2. The fourth-order valence-electron chi connectivity index (χ4n) is 2.03. The molecule has 0 fully saturated rings. The second kappa shape index (κ2) is 4.48. The molecule has 0 unspecified atom stereocenters. The maximum atomic E-state index is 11.9. The molecule has 4 nitrogen and oxygen atoms in total. The summed E-state index contributed by atoms with van der Waals surface area (Å²) < 4.78 is 6.70. The number of anilines is 1. The van der Waals surface area contributed by atoms with Crippen LogP contribution >= 0.6 is 11.6 Å². The Bertz CT molecular complexity index is 805. The molecule has 19 heavy (non-hydrogen) atoms. The Morgan fingerprint density at radius 1 is 1.21 bits per heavy atom. The zero-order valence-electron chi connectivity index (χ0n) is 9.97. The molecular formula is C14H11ClN2O2. The van der Waals surface area contributed by atoms with Gasteiger partial charge < -0.3 is 10.2 Å². The van der Waals surface area contributed by atoms with Crippen molar-refractivity contribution in [3.8, 4) is 0 Å². The zero-order valence-corrected chi connectivity index (χ0v) is 10.7. The Balaban J connectivity index is 2.15. The van der Waals surface area contributed by atoms with Crippen molar-refractivity contribution in [2.24, 2.45) is 0 Å². The fourth-order valence-corrected chi connectivity index (χ4v) is 2.22. The number of hydrogen-bond acceptors (Lipinski definition) is 3. The van der Waals surface area contributed by atoms with E-state index in [0.29, 0.717) is 28.4 Å². The van der Waals surface area contributed by atoms with Crippen LogP contribution in [0.4, 0.5) is 5.69 Å². The van der Waals surface area contributed by atoms with Crippen LogP contribution in [0.2, 0.25) is 5.02 Å². The highest BCUT2D eigenvalue weighted by molar-refractivity contribution is 6.31. The number of nitrogens with zero attached hydrogens (tertiary/aromatic N) is 1. The summed E-state index contributed by atoms with van der Waals surface area (Å²) in [6.45, 7) is 0.356. The van der Waals surface area contributed by atoms with Crippen molar-refractivity contribution >= 4 is 28.4 Å². The average molecular weight is 275 g/mol. The number of halogens is 1. The molecule has 96 valence electrons. The maximum Gasteiger partial charge on any atom is 0.420 e. The van der Waals surface area contributed by atoms with E-state index in [1.807, 2.05) is 18.2 Å². The lowest BCUT2D eigenvalue weighted by atomic mass is 10.2. The molecule has 1 aromatic heterocycles. The highest BCUT2D eigenvalue weighted by atomic mass is 35.5. The van der Waals surface area contributed by atoms with Crippen molar-refractivity contribution in [1.82, 2.24) is 4.57 Å². The Hall–Kier alpha value is -2.20. The molecule has 3 aromatic rings. The van der Waals surface area contributed by atoms with Gasteiger partial charge in [-0.05, 0) is 29.8 Å². The van der Waals surface area contributed by atoms with Gasteiger partial charge in [-0.15, -0.1) is 0 Å². The van der Waals surface area contributed by atoms with Crippen LogP contribution in [0, 0.1) is 0 Å². The van der Waals surface area contributed by atoms with E-state index in [2.05, 4.69) is 0 Å². The lowest BCUT2D eigenvalue weighted by Crippen LogP contribution is -2.15. The molecule has 0 spiro atoms. The number of hydrogen-bond donors (Lipinski definition) is 1. The van der Waals surface area contributed by atoms with Crippen molar-refractivity contribution in [2.45, 2.75) is 6.54 Å². The first-order valence-corrected chi connectivity index (χ1v) is 6.15. The molecule has 0 radical (unpaired) electrons. The van der Waals surface area contributed by atoms with Crippen LogP contribution in [0.1, 0.15) is 5.56 Å². The minimum absolute atomic E-state index is 0.356. The third-order valence-corrected chi connectivity index (χ3v) is 3.35. The average Bonchev–Trinajstić information content (AvgIpc) is 2.69. The SMILES string of the molecule is Nc1ccc2oc(=O)n(Cc3ccccc3Cl)c2c1. The highest BCUT2D eigenvalue weighted by Crippen LogP contribution is 2.20. The van der Waals surface area contributed by atoms with Gasteiger partial charge in [-0.3, -0.25) is 4.57 Å². The van der Waals surface area contributed by atoms with Gasteiger partial charge in [0.25, 0.3) is 0 Å². The maximum absolute atomic E-state index is 11.9. The Labute approximate surface area is 114 Å². The molecular weight excluding hydrogens is 264 g/mol. The first-order chi connectivity index (χ1) is 9.15. The third kappa shape index (κ3) is 2.11. The molecule has 0 atom stereocenters. The lowest BCUT2D eigenvalue weighted by Gasteiger charge is -2.05. The van der Waals surface area contributed by atoms with Crippen LogP contribution in [-0.4, -0.2) is 4.57 Å². The molecule has 0 saturated carbocycles. The minimum atomic E-state index is -0.416. The van der Waals surface area contributed by atoms with E-state index >= 15 is 0 Å². The van der Waals surface area contributed by atoms with Gasteiger partial charge in [0.05, 0.1) is 12.1 Å². The normalized spacial score (nSPS) is 11.0. The van der Waals surface area contributed by atoms with Gasteiger partial charge in [0.1, 0.15) is 0 Å². The smallest absolute Gasteiger partial charge is 0.408 e. The largest absolute Gasteiger partial charge is 0.420 e. The predicted octanol–water partition coefficient (Wildman–Crippen LogP) is 2.88. The predicted molar refractivity (Wildman–Crippen MR) is 75.4 cm³/mol. The van der Waals surface area contributed by atoms with Crippen molar-refractivity contribution in [2.75, 3.05) is 5.73 Å². The molecule has 0 aliphatic rings. The van der Waals surface area contributed by atoms with E-state index in [9.17, 15) is 4.79 Å². The molecule has 0 saturated heterocycles. The van der Waals surface area contributed by atoms with Crippen LogP contribution < -0.4 is 11.5 Å². The lowest BCUT2D eigenvalue weighted by molar-refractivity contribution is 0.518. The van der Waals surface area contributed by atoms with Crippen LogP contribution in [0.3, 0.4) is 0 Å². The van der Waals surface area contributed by atoms with Crippen molar-refractivity contribution < 1.29 is 4.42 Å². The summed E-state index contributed by atoms with van der Waals surface area (Å²) in [5.74, 6) is -0.416. The summed E-state index contributed by atoms with van der Waals surface area (Å²) in [6, 6.07) is 12.5. The van der Waals surface area contributed by atoms with Gasteiger partial charge in [0.15, 0.2) is 5.58 Å². The number of nitrogen functional groups attached to an aromatic ring is 1. The molecule has 2 N–H and O–H groups in total. The summed E-state index contributed by atoms with van der Waals surface area (Å²) >= 11 is 6.11. The minimum Gasteiger partial charge on any atom is -0.408 e. The summed E-state index contributed by atoms with van der Waals surface area (Å²) in [5.41, 5.74) is 8.38. The number of fused-ring (bicyclic) bond motifs is 1. The summed E-state index contributed by atoms with van der Waals surface area (Å²) in [5, 5.41) is 0.618. The highest BCUT2D eigenvalue weighted by Gasteiger charge is 2.11. The number of aromatic nitrogens is 1. The molecule has 0 amide bonds. The van der Waals surface area contributed by atoms with Crippen LogP contribution in [0.5, 0.6) is 0 Å². The standard InChI is InChI=1S/C14H11ClN2O2/c15-11-4-2-1-3-9(11)8-17-12-7-10(16)5-6-13(12)19-14(17)18/h1-7H,8,16H2. The molecule has 5 heteroatoms. The Kier molecular flexibility index (Phi) is 2.80. The molecule has 0 bridgehead atoms. The van der Waals surface area contributed by atoms with Gasteiger partial charge in [-0.25, -0.2) is 4.79 Å². The second-order valence-corrected chi connectivity index (χ2v) is 4.68. The molecule has 2 aromatic carbocycles. The molecule has 0 aliphatic heterocycles. The van der Waals surface area contributed by atoms with E-state index in [-0.39, 0.29) is 0 Å². The first-order valence-electron chi connectivity index (χ1n) is 5.77. The summed E-state index contributed by atoms with van der Waals surface area (Å²) in [7, 11) is 0. The van der Waals surface area contributed by atoms with Crippen molar-refractivity contribution in [3.63, 3.8) is 0 Å². The number of nitrogens with two attached hydrogens (primary N) is 1.